The van der Waals surface area contributed by atoms with Crippen molar-refractivity contribution in [2.45, 2.75) is 50.0 Å². The molecule has 1 saturated heterocycles. The maximum absolute atomic E-state index is 12.9. The number of benzene rings is 3. The van der Waals surface area contributed by atoms with Crippen molar-refractivity contribution in [2.24, 2.45) is 0 Å². The van der Waals surface area contributed by atoms with Crippen molar-refractivity contribution in [2.75, 3.05) is 6.61 Å². The third-order valence-electron chi connectivity index (χ3n) is 6.31. The maximum Gasteiger partial charge on any atom is 0.338 e. The standard InChI is InChI=1S/C31H32O7/c1-2-12-26-28(32)29(35-20-22-13-6-3-7-14-22)27(38-26)19-25(37-31(34)24-17-10-5-11-18-24)21-36-30(33)23-15-8-4-9-16-23/h2-11,13-18,25-29,32H,1,12,19-21H2. The van der Waals surface area contributed by atoms with Crippen molar-refractivity contribution in [1.82, 2.24) is 0 Å². The lowest BCUT2D eigenvalue weighted by atomic mass is 10.0. The molecule has 1 heterocycles. The third kappa shape index (κ3) is 7.38. The Morgan fingerprint density at radius 3 is 2.05 bits per heavy atom. The van der Waals surface area contributed by atoms with Crippen molar-refractivity contribution in [3.63, 3.8) is 0 Å². The van der Waals surface area contributed by atoms with Gasteiger partial charge in [-0.1, -0.05) is 72.8 Å². The molecule has 1 fully saturated rings. The van der Waals surface area contributed by atoms with Crippen molar-refractivity contribution >= 4 is 11.9 Å². The molecule has 198 valence electrons. The molecule has 1 N–H and O–H groups in total. The fraction of sp³-hybridized carbons (Fsp3) is 0.290. The predicted octanol–water partition coefficient (Wildman–Crippen LogP) is 4.75. The van der Waals surface area contributed by atoms with Gasteiger partial charge in [0.25, 0.3) is 0 Å². The highest BCUT2D eigenvalue weighted by molar-refractivity contribution is 5.90. The molecule has 1 aliphatic rings. The number of hydrogen-bond acceptors (Lipinski definition) is 7. The number of carbonyl (C=O) groups excluding carboxylic acids is 2. The Bertz CT molecular complexity index is 1170. The molecule has 3 aromatic carbocycles. The Morgan fingerprint density at radius 2 is 1.45 bits per heavy atom. The van der Waals surface area contributed by atoms with Crippen LogP contribution < -0.4 is 0 Å². The van der Waals surface area contributed by atoms with E-state index in [0.29, 0.717) is 17.5 Å². The van der Waals surface area contributed by atoms with Gasteiger partial charge in [-0.3, -0.25) is 0 Å². The molecule has 5 atom stereocenters. The third-order valence-corrected chi connectivity index (χ3v) is 6.31. The zero-order chi connectivity index (χ0) is 26.7. The van der Waals surface area contributed by atoms with Crippen LogP contribution in [0.15, 0.2) is 104 Å². The second kappa shape index (κ2) is 13.7. The summed E-state index contributed by atoms with van der Waals surface area (Å²) in [5.74, 6) is -1.07. The lowest BCUT2D eigenvalue weighted by Gasteiger charge is -2.25. The Labute approximate surface area is 222 Å². The minimum absolute atomic E-state index is 0.158. The van der Waals surface area contributed by atoms with Crippen LogP contribution in [0, 0.1) is 0 Å². The summed E-state index contributed by atoms with van der Waals surface area (Å²) in [5, 5.41) is 11.0. The number of carbonyl (C=O) groups is 2. The van der Waals surface area contributed by atoms with Gasteiger partial charge in [-0.2, -0.15) is 0 Å². The molecule has 7 heteroatoms. The number of rotatable bonds is 12. The van der Waals surface area contributed by atoms with E-state index in [2.05, 4.69) is 6.58 Å². The van der Waals surface area contributed by atoms with Gasteiger partial charge in [-0.05, 0) is 36.2 Å². The Balaban J connectivity index is 1.49. The highest BCUT2D eigenvalue weighted by atomic mass is 16.6. The fourth-order valence-corrected chi connectivity index (χ4v) is 4.36. The molecule has 0 amide bonds. The molecule has 0 aliphatic carbocycles. The number of hydrogen-bond donors (Lipinski definition) is 1. The molecule has 5 unspecified atom stereocenters. The average molecular weight is 517 g/mol. The molecule has 0 aromatic heterocycles. The quantitative estimate of drug-likeness (QED) is 0.274. The van der Waals surface area contributed by atoms with Gasteiger partial charge < -0.3 is 24.1 Å². The van der Waals surface area contributed by atoms with Crippen molar-refractivity contribution in [1.29, 1.82) is 0 Å². The highest BCUT2D eigenvalue weighted by Gasteiger charge is 2.45. The van der Waals surface area contributed by atoms with E-state index in [9.17, 15) is 14.7 Å². The molecule has 3 aromatic rings. The lowest BCUT2D eigenvalue weighted by molar-refractivity contribution is -0.0690. The molecule has 7 nitrogen and oxygen atoms in total. The molecule has 0 radical (unpaired) electrons. The summed E-state index contributed by atoms with van der Waals surface area (Å²) >= 11 is 0. The van der Waals surface area contributed by atoms with Gasteiger partial charge in [0.1, 0.15) is 24.9 Å². The first-order valence-electron chi connectivity index (χ1n) is 12.6. The van der Waals surface area contributed by atoms with E-state index in [1.165, 1.54) is 0 Å². The maximum atomic E-state index is 12.9. The predicted molar refractivity (Wildman–Crippen MR) is 141 cm³/mol. The first kappa shape index (κ1) is 27.3. The van der Waals surface area contributed by atoms with Crippen LogP contribution in [0.1, 0.15) is 39.1 Å². The van der Waals surface area contributed by atoms with Gasteiger partial charge in [0.05, 0.1) is 29.9 Å². The smallest absolute Gasteiger partial charge is 0.338 e. The van der Waals surface area contributed by atoms with Crippen molar-refractivity contribution in [3.8, 4) is 0 Å². The van der Waals surface area contributed by atoms with Gasteiger partial charge in [0.2, 0.25) is 0 Å². The zero-order valence-corrected chi connectivity index (χ0v) is 21.1. The molecule has 0 saturated carbocycles. The van der Waals surface area contributed by atoms with Crippen molar-refractivity contribution in [3.05, 3.63) is 120 Å². The zero-order valence-electron chi connectivity index (χ0n) is 21.1. The van der Waals surface area contributed by atoms with Crippen molar-refractivity contribution < 1.29 is 33.6 Å². The summed E-state index contributed by atoms with van der Waals surface area (Å²) < 4.78 is 23.5. The van der Waals surface area contributed by atoms with Gasteiger partial charge in [0.15, 0.2) is 0 Å². The summed E-state index contributed by atoms with van der Waals surface area (Å²) in [4.78, 5) is 25.5. The molecule has 0 spiro atoms. The van der Waals surface area contributed by atoms with Crippen LogP contribution in [0.3, 0.4) is 0 Å². The summed E-state index contributed by atoms with van der Waals surface area (Å²) in [6, 6.07) is 26.8. The number of esters is 2. The fourth-order valence-electron chi connectivity index (χ4n) is 4.36. The highest BCUT2D eigenvalue weighted by Crippen LogP contribution is 2.31. The van der Waals surface area contributed by atoms with E-state index in [4.69, 9.17) is 18.9 Å². The van der Waals surface area contributed by atoms with E-state index in [1.54, 1.807) is 66.7 Å². The molecule has 0 bridgehead atoms. The Kier molecular flexibility index (Phi) is 9.81. The Hall–Kier alpha value is -3.78. The Morgan fingerprint density at radius 1 is 0.868 bits per heavy atom. The molecule has 1 aliphatic heterocycles. The van der Waals surface area contributed by atoms with Crippen LogP contribution in [0.5, 0.6) is 0 Å². The van der Waals surface area contributed by atoms with Crippen LogP contribution in [0.4, 0.5) is 0 Å². The minimum Gasteiger partial charge on any atom is -0.458 e. The van der Waals surface area contributed by atoms with Crippen LogP contribution in [-0.4, -0.2) is 54.2 Å². The second-order valence-electron chi connectivity index (χ2n) is 9.08. The summed E-state index contributed by atoms with van der Waals surface area (Å²) in [6.07, 6.45) is -1.28. The van der Waals surface area contributed by atoms with E-state index in [0.717, 1.165) is 5.56 Å². The largest absolute Gasteiger partial charge is 0.458 e. The number of aliphatic hydroxyl groups is 1. The van der Waals surface area contributed by atoms with E-state index in [-0.39, 0.29) is 19.6 Å². The average Bonchev–Trinajstić information content (AvgIpc) is 3.25. The van der Waals surface area contributed by atoms with Crippen LogP contribution in [0.25, 0.3) is 0 Å². The van der Waals surface area contributed by atoms with E-state index >= 15 is 0 Å². The normalized spacial score (nSPS) is 21.4. The molecular weight excluding hydrogens is 484 g/mol. The number of ether oxygens (including phenoxy) is 4. The SMILES string of the molecule is C=CCC1OC(CC(COC(=O)c2ccccc2)OC(=O)c2ccccc2)C(OCc2ccccc2)C1O. The minimum atomic E-state index is -0.904. The van der Waals surface area contributed by atoms with Gasteiger partial charge in [0, 0.05) is 6.42 Å². The van der Waals surface area contributed by atoms with Gasteiger partial charge in [-0.25, -0.2) is 9.59 Å². The van der Waals surface area contributed by atoms with E-state index < -0.39 is 42.5 Å². The molecule has 4 rings (SSSR count). The number of aliphatic hydroxyl groups excluding tert-OH is 1. The first-order chi connectivity index (χ1) is 18.5. The topological polar surface area (TPSA) is 91.3 Å². The second-order valence-corrected chi connectivity index (χ2v) is 9.08. The monoisotopic (exact) mass is 516 g/mol. The lowest BCUT2D eigenvalue weighted by Crippen LogP contribution is -2.38. The van der Waals surface area contributed by atoms with E-state index in [1.807, 2.05) is 30.3 Å². The molecular formula is C31H32O7. The van der Waals surface area contributed by atoms with Crippen LogP contribution >= 0.6 is 0 Å². The molecule has 38 heavy (non-hydrogen) atoms. The summed E-state index contributed by atoms with van der Waals surface area (Å²) in [7, 11) is 0. The summed E-state index contributed by atoms with van der Waals surface area (Å²) in [5.41, 5.74) is 1.72. The van der Waals surface area contributed by atoms with Gasteiger partial charge >= 0.3 is 11.9 Å². The van der Waals surface area contributed by atoms with Crippen LogP contribution in [-0.2, 0) is 25.6 Å². The summed E-state index contributed by atoms with van der Waals surface area (Å²) in [6.45, 7) is 3.85. The van der Waals surface area contributed by atoms with Gasteiger partial charge in [-0.15, -0.1) is 6.58 Å². The first-order valence-corrected chi connectivity index (χ1v) is 12.6. The van der Waals surface area contributed by atoms with Crippen LogP contribution in [0.2, 0.25) is 0 Å².